The van der Waals surface area contributed by atoms with E-state index in [2.05, 4.69) is 31.1 Å². The van der Waals surface area contributed by atoms with E-state index in [1.54, 1.807) is 27.8 Å². The summed E-state index contributed by atoms with van der Waals surface area (Å²) < 4.78 is 0. The lowest BCUT2D eigenvalue weighted by Gasteiger charge is -2.10. The fourth-order valence-corrected chi connectivity index (χ4v) is 2.95. The molecule has 1 heterocycles. The highest BCUT2D eigenvalue weighted by Crippen LogP contribution is 2.29. The highest BCUT2D eigenvalue weighted by molar-refractivity contribution is 8.76. The zero-order valence-corrected chi connectivity index (χ0v) is 14.5. The van der Waals surface area contributed by atoms with Crippen LogP contribution in [0.25, 0.3) is 0 Å². The molecular formula is C15H26N2OS2. The summed E-state index contributed by atoms with van der Waals surface area (Å²) in [6.45, 7) is 8.34. The summed E-state index contributed by atoms with van der Waals surface area (Å²) in [5, 5.41) is 3.94. The largest absolute Gasteiger partial charge is 0.354 e. The van der Waals surface area contributed by atoms with Crippen molar-refractivity contribution >= 4 is 27.5 Å². The van der Waals surface area contributed by atoms with Crippen LogP contribution >= 0.6 is 21.6 Å². The maximum Gasteiger partial charge on any atom is 0.221 e. The summed E-state index contributed by atoms with van der Waals surface area (Å²) in [6, 6.07) is 6.10. The van der Waals surface area contributed by atoms with Crippen molar-refractivity contribution in [1.82, 2.24) is 10.3 Å². The fraction of sp³-hybridized carbons (Fsp3) is 0.600. The summed E-state index contributed by atoms with van der Waals surface area (Å²) in [5.74, 6) is 0.942. The molecule has 3 nitrogen and oxygen atoms in total. The third-order valence-electron chi connectivity index (χ3n) is 2.21. The van der Waals surface area contributed by atoms with Gasteiger partial charge in [-0.05, 0) is 36.3 Å². The Morgan fingerprint density at radius 2 is 2.05 bits per heavy atom. The van der Waals surface area contributed by atoms with Crippen LogP contribution in [0.15, 0.2) is 29.4 Å². The molecule has 0 spiro atoms. The van der Waals surface area contributed by atoms with Gasteiger partial charge in [0.15, 0.2) is 0 Å². The van der Waals surface area contributed by atoms with Crippen LogP contribution in [0.3, 0.4) is 0 Å². The number of amides is 1. The molecule has 0 radical (unpaired) electrons. The molecule has 5 heteroatoms. The van der Waals surface area contributed by atoms with Gasteiger partial charge in [0.25, 0.3) is 0 Å². The lowest BCUT2D eigenvalue weighted by atomic mass is 10.2. The van der Waals surface area contributed by atoms with Gasteiger partial charge in [0.1, 0.15) is 5.03 Å². The van der Waals surface area contributed by atoms with Crippen LogP contribution in [-0.4, -0.2) is 22.7 Å². The Kier molecular flexibility index (Phi) is 12.9. The van der Waals surface area contributed by atoms with Crippen molar-refractivity contribution in [3.63, 3.8) is 0 Å². The molecule has 1 N–H and O–H groups in total. The van der Waals surface area contributed by atoms with Crippen LogP contribution < -0.4 is 5.32 Å². The topological polar surface area (TPSA) is 42.0 Å². The quantitative estimate of drug-likeness (QED) is 0.592. The molecule has 0 bridgehead atoms. The van der Waals surface area contributed by atoms with E-state index < -0.39 is 0 Å². The van der Waals surface area contributed by atoms with Crippen molar-refractivity contribution in [2.45, 2.75) is 58.0 Å². The van der Waals surface area contributed by atoms with Crippen molar-refractivity contribution in [1.29, 1.82) is 0 Å². The van der Waals surface area contributed by atoms with Gasteiger partial charge in [0.2, 0.25) is 5.91 Å². The number of nitrogens with zero attached hydrogens (tertiary/aromatic N) is 1. The number of carbonyl (C=O) groups excluding carboxylic acids is 1. The molecule has 0 fully saturated rings. The van der Waals surface area contributed by atoms with Crippen LogP contribution in [0.4, 0.5) is 0 Å². The highest BCUT2D eigenvalue weighted by atomic mass is 33.1. The molecule has 114 valence electrons. The van der Waals surface area contributed by atoms with Gasteiger partial charge in [0.05, 0.1) is 0 Å². The minimum atomic E-state index is 0.133. The fourth-order valence-electron chi connectivity index (χ4n) is 1.08. The predicted molar refractivity (Wildman–Crippen MR) is 91.0 cm³/mol. The van der Waals surface area contributed by atoms with Crippen molar-refractivity contribution in [3.05, 3.63) is 24.4 Å². The van der Waals surface area contributed by atoms with Gasteiger partial charge >= 0.3 is 0 Å². The minimum Gasteiger partial charge on any atom is -0.354 e. The van der Waals surface area contributed by atoms with Gasteiger partial charge in [0, 0.05) is 24.4 Å². The smallest absolute Gasteiger partial charge is 0.221 e. The molecule has 1 unspecified atom stereocenters. The lowest BCUT2D eigenvalue weighted by molar-refractivity contribution is -0.121. The van der Waals surface area contributed by atoms with E-state index in [-0.39, 0.29) is 11.9 Å². The molecule has 0 saturated heterocycles. The first-order valence-corrected chi connectivity index (χ1v) is 9.45. The molecule has 0 aliphatic rings. The van der Waals surface area contributed by atoms with Gasteiger partial charge in [-0.25, -0.2) is 4.98 Å². The van der Waals surface area contributed by atoms with Gasteiger partial charge in [-0.1, -0.05) is 44.1 Å². The molecule has 20 heavy (non-hydrogen) atoms. The molecule has 1 aromatic heterocycles. The molecule has 1 atom stereocenters. The third-order valence-corrected chi connectivity index (χ3v) is 4.48. The van der Waals surface area contributed by atoms with Crippen molar-refractivity contribution in [2.75, 3.05) is 5.75 Å². The van der Waals surface area contributed by atoms with Crippen LogP contribution in [0.5, 0.6) is 0 Å². The standard InChI is InChI=1S/C12H18N2OS2.C3H8/c1-3-10(2)14-11(15)7-9-16-17-12-6-4-5-8-13-12;1-3-2/h4-6,8,10H,3,7,9H2,1-2H3,(H,14,15);3H2,1-2H3. The normalized spacial score (nSPS) is 11.2. The van der Waals surface area contributed by atoms with E-state index in [4.69, 9.17) is 0 Å². The molecule has 0 saturated carbocycles. The summed E-state index contributed by atoms with van der Waals surface area (Å²) >= 11 is 0. The minimum absolute atomic E-state index is 0.133. The Morgan fingerprint density at radius 1 is 1.35 bits per heavy atom. The van der Waals surface area contributed by atoms with Gasteiger partial charge < -0.3 is 5.32 Å². The van der Waals surface area contributed by atoms with Gasteiger partial charge in [-0.2, -0.15) is 0 Å². The number of hydrogen-bond donors (Lipinski definition) is 1. The summed E-state index contributed by atoms with van der Waals surface area (Å²) in [6.07, 6.45) is 4.56. The number of aromatic nitrogens is 1. The second-order valence-electron chi connectivity index (χ2n) is 4.41. The van der Waals surface area contributed by atoms with Crippen molar-refractivity contribution < 1.29 is 4.79 Å². The van der Waals surface area contributed by atoms with E-state index in [9.17, 15) is 4.79 Å². The van der Waals surface area contributed by atoms with Crippen molar-refractivity contribution in [3.8, 4) is 0 Å². The second kappa shape index (κ2) is 13.3. The molecule has 0 aromatic carbocycles. The third kappa shape index (κ3) is 11.2. The van der Waals surface area contributed by atoms with E-state index in [1.165, 1.54) is 6.42 Å². The van der Waals surface area contributed by atoms with E-state index in [0.717, 1.165) is 17.2 Å². The molecule has 1 amide bonds. The zero-order chi connectivity index (χ0) is 15.2. The average molecular weight is 315 g/mol. The van der Waals surface area contributed by atoms with Crippen molar-refractivity contribution in [2.24, 2.45) is 0 Å². The Balaban J connectivity index is 0.00000110. The van der Waals surface area contributed by atoms with Crippen LogP contribution in [0.1, 0.15) is 47.0 Å². The summed E-state index contributed by atoms with van der Waals surface area (Å²) in [4.78, 5) is 15.7. The van der Waals surface area contributed by atoms with Gasteiger partial charge in [-0.3, -0.25) is 4.79 Å². The SMILES string of the molecule is CCC.CCC(C)NC(=O)CCSSc1ccccn1. The number of rotatable bonds is 7. The van der Waals surface area contributed by atoms with E-state index in [1.807, 2.05) is 25.1 Å². The second-order valence-corrected chi connectivity index (χ2v) is 6.84. The first-order valence-electron chi connectivity index (χ1n) is 7.13. The molecule has 0 aliphatic heterocycles. The molecular weight excluding hydrogens is 288 g/mol. The summed E-state index contributed by atoms with van der Waals surface area (Å²) in [7, 11) is 3.28. The first-order chi connectivity index (χ1) is 9.63. The number of carbonyl (C=O) groups is 1. The summed E-state index contributed by atoms with van der Waals surface area (Å²) in [5.41, 5.74) is 0. The van der Waals surface area contributed by atoms with Crippen LogP contribution in [0, 0.1) is 0 Å². The van der Waals surface area contributed by atoms with Crippen LogP contribution in [-0.2, 0) is 4.79 Å². The highest BCUT2D eigenvalue weighted by Gasteiger charge is 2.05. The monoisotopic (exact) mass is 314 g/mol. The maximum absolute atomic E-state index is 11.5. The molecule has 0 aliphatic carbocycles. The Bertz CT molecular complexity index is 347. The average Bonchev–Trinajstić information content (AvgIpc) is 2.45. The molecule has 1 aromatic rings. The maximum atomic E-state index is 11.5. The predicted octanol–water partition coefficient (Wildman–Crippen LogP) is 4.54. The Morgan fingerprint density at radius 3 is 2.60 bits per heavy atom. The number of pyridine rings is 1. The number of hydrogen-bond acceptors (Lipinski definition) is 4. The zero-order valence-electron chi connectivity index (χ0n) is 12.9. The van der Waals surface area contributed by atoms with E-state index in [0.29, 0.717) is 6.42 Å². The number of nitrogens with one attached hydrogen (secondary N) is 1. The van der Waals surface area contributed by atoms with E-state index >= 15 is 0 Å². The molecule has 1 rings (SSSR count). The Hall–Kier alpha value is -0.680. The van der Waals surface area contributed by atoms with Crippen LogP contribution in [0.2, 0.25) is 0 Å². The lowest BCUT2D eigenvalue weighted by Crippen LogP contribution is -2.31. The first kappa shape index (κ1) is 19.3. The Labute approximate surface area is 131 Å². The van der Waals surface area contributed by atoms with Gasteiger partial charge in [-0.15, -0.1) is 0 Å².